The van der Waals surface area contributed by atoms with E-state index in [0.717, 1.165) is 44.1 Å². The van der Waals surface area contributed by atoms with Gasteiger partial charge in [-0.05, 0) is 57.1 Å². The quantitative estimate of drug-likeness (QED) is 0.371. The molecule has 0 amide bonds. The average molecular weight is 429 g/mol. The zero-order valence-corrected chi connectivity index (χ0v) is 18.1. The second-order valence-electron chi connectivity index (χ2n) is 8.24. The molecular weight excluding hydrogens is 393 g/mol. The summed E-state index contributed by atoms with van der Waals surface area (Å²) in [6.07, 6.45) is 4.73. The number of alkyl halides is 3. The summed E-state index contributed by atoms with van der Waals surface area (Å²) in [4.78, 5) is 13.9. The second kappa shape index (κ2) is 10.9. The molecule has 0 aliphatic heterocycles. The van der Waals surface area contributed by atoms with E-state index in [9.17, 15) is 18.0 Å². The maximum Gasteiger partial charge on any atom is 0.389 e. The SMILES string of the molecule is C=C(/C(N)=C\C(=C/C)[C@@H]1C[C@@H]1C(=O)OCC)N(CCCC(F)(F)F)C1CCCCC1. The largest absolute Gasteiger partial charge is 0.466 e. The Kier molecular flexibility index (Phi) is 8.86. The molecule has 2 aliphatic rings. The van der Waals surface area contributed by atoms with E-state index in [1.54, 1.807) is 6.92 Å². The van der Waals surface area contributed by atoms with E-state index in [-0.39, 0.29) is 36.8 Å². The number of esters is 1. The second-order valence-corrected chi connectivity index (χ2v) is 8.24. The number of allylic oxidation sites excluding steroid dienone is 3. The van der Waals surface area contributed by atoms with E-state index in [4.69, 9.17) is 10.5 Å². The number of nitrogens with two attached hydrogens (primary N) is 1. The molecule has 2 N–H and O–H groups in total. The normalized spacial score (nSPS) is 23.2. The fourth-order valence-electron chi connectivity index (χ4n) is 4.29. The number of rotatable bonds is 10. The maximum absolute atomic E-state index is 12.7. The fourth-order valence-corrected chi connectivity index (χ4v) is 4.29. The molecule has 0 aromatic carbocycles. The predicted molar refractivity (Wildman–Crippen MR) is 112 cm³/mol. The van der Waals surface area contributed by atoms with Gasteiger partial charge in [-0.1, -0.05) is 31.9 Å². The molecule has 2 atom stereocenters. The number of carbonyl (C=O) groups excluding carboxylic acids is 1. The van der Waals surface area contributed by atoms with Crippen molar-refractivity contribution in [2.45, 2.75) is 77.4 Å². The first-order valence-electron chi connectivity index (χ1n) is 11.0. The zero-order chi connectivity index (χ0) is 22.3. The van der Waals surface area contributed by atoms with Crippen molar-refractivity contribution in [2.24, 2.45) is 17.6 Å². The molecule has 170 valence electrons. The van der Waals surface area contributed by atoms with E-state index in [2.05, 4.69) is 6.58 Å². The van der Waals surface area contributed by atoms with Gasteiger partial charge in [0.2, 0.25) is 0 Å². The van der Waals surface area contributed by atoms with Crippen LogP contribution in [0.5, 0.6) is 0 Å². The average Bonchev–Trinajstić information content (AvgIpc) is 3.49. The number of carbonyl (C=O) groups is 1. The van der Waals surface area contributed by atoms with Gasteiger partial charge in [-0.3, -0.25) is 4.79 Å². The molecule has 2 rings (SSSR count). The summed E-state index contributed by atoms with van der Waals surface area (Å²) >= 11 is 0. The monoisotopic (exact) mass is 428 g/mol. The molecule has 2 fully saturated rings. The van der Waals surface area contributed by atoms with Crippen LogP contribution in [0.1, 0.15) is 65.2 Å². The third-order valence-electron chi connectivity index (χ3n) is 6.02. The van der Waals surface area contributed by atoms with Crippen LogP contribution in [0.4, 0.5) is 13.2 Å². The smallest absolute Gasteiger partial charge is 0.389 e. The Labute approximate surface area is 178 Å². The zero-order valence-electron chi connectivity index (χ0n) is 18.1. The van der Waals surface area contributed by atoms with Crippen LogP contribution < -0.4 is 5.73 Å². The molecule has 0 bridgehead atoms. The van der Waals surface area contributed by atoms with E-state index in [1.165, 1.54) is 0 Å². The Morgan fingerprint density at radius 1 is 1.23 bits per heavy atom. The van der Waals surface area contributed by atoms with Crippen LogP contribution in [0.25, 0.3) is 0 Å². The Bertz CT molecular complexity index is 664. The Morgan fingerprint density at radius 2 is 1.90 bits per heavy atom. The third-order valence-corrected chi connectivity index (χ3v) is 6.02. The van der Waals surface area contributed by atoms with Crippen molar-refractivity contribution in [3.63, 3.8) is 0 Å². The van der Waals surface area contributed by atoms with Crippen molar-refractivity contribution >= 4 is 5.97 Å². The van der Waals surface area contributed by atoms with Gasteiger partial charge in [-0.25, -0.2) is 0 Å². The van der Waals surface area contributed by atoms with Crippen LogP contribution in [-0.2, 0) is 9.53 Å². The first kappa shape index (κ1) is 24.4. The van der Waals surface area contributed by atoms with Crippen LogP contribution in [0.2, 0.25) is 0 Å². The molecule has 4 nitrogen and oxygen atoms in total. The van der Waals surface area contributed by atoms with E-state index < -0.39 is 12.6 Å². The third kappa shape index (κ3) is 7.10. The summed E-state index contributed by atoms with van der Waals surface area (Å²) in [7, 11) is 0. The van der Waals surface area contributed by atoms with Gasteiger partial charge in [0.15, 0.2) is 0 Å². The van der Waals surface area contributed by atoms with Crippen LogP contribution in [0, 0.1) is 11.8 Å². The Hall–Kier alpha value is -1.92. The Morgan fingerprint density at radius 3 is 2.47 bits per heavy atom. The molecule has 0 unspecified atom stereocenters. The first-order chi connectivity index (χ1) is 14.2. The molecule has 0 heterocycles. The van der Waals surface area contributed by atoms with Gasteiger partial charge in [0.1, 0.15) is 0 Å². The van der Waals surface area contributed by atoms with Crippen molar-refractivity contribution in [2.75, 3.05) is 13.2 Å². The van der Waals surface area contributed by atoms with Crippen LogP contribution >= 0.6 is 0 Å². The topological polar surface area (TPSA) is 55.6 Å². The van der Waals surface area contributed by atoms with Crippen molar-refractivity contribution < 1.29 is 22.7 Å². The van der Waals surface area contributed by atoms with Crippen molar-refractivity contribution in [3.8, 4) is 0 Å². The van der Waals surface area contributed by atoms with Gasteiger partial charge in [0.05, 0.1) is 23.9 Å². The van der Waals surface area contributed by atoms with Crippen molar-refractivity contribution in [1.29, 1.82) is 0 Å². The molecular formula is C23H35F3N2O2. The number of ether oxygens (including phenoxy) is 1. The lowest BCUT2D eigenvalue weighted by Gasteiger charge is -2.37. The number of hydrogen-bond acceptors (Lipinski definition) is 4. The highest BCUT2D eigenvalue weighted by Crippen LogP contribution is 2.46. The van der Waals surface area contributed by atoms with Gasteiger partial charge in [-0.2, -0.15) is 13.2 Å². The van der Waals surface area contributed by atoms with E-state index in [0.29, 0.717) is 18.0 Å². The van der Waals surface area contributed by atoms with Gasteiger partial charge in [0, 0.05) is 19.0 Å². The first-order valence-corrected chi connectivity index (χ1v) is 11.0. The van der Waals surface area contributed by atoms with Crippen LogP contribution in [-0.4, -0.2) is 36.2 Å². The summed E-state index contributed by atoms with van der Waals surface area (Å²) in [5.74, 6) is -0.257. The van der Waals surface area contributed by atoms with Crippen molar-refractivity contribution in [3.05, 3.63) is 35.7 Å². The lowest BCUT2D eigenvalue weighted by molar-refractivity contribution is -0.145. The fraction of sp³-hybridized carbons (Fsp3) is 0.696. The summed E-state index contributed by atoms with van der Waals surface area (Å²) in [6.45, 7) is 8.45. The molecule has 30 heavy (non-hydrogen) atoms. The number of nitrogens with zero attached hydrogens (tertiary/aromatic N) is 1. The minimum Gasteiger partial charge on any atom is -0.466 e. The molecule has 2 saturated carbocycles. The van der Waals surface area contributed by atoms with Crippen LogP contribution in [0.15, 0.2) is 35.7 Å². The van der Waals surface area contributed by atoms with Gasteiger partial charge >= 0.3 is 12.1 Å². The molecule has 0 aromatic heterocycles. The molecule has 2 aliphatic carbocycles. The highest BCUT2D eigenvalue weighted by molar-refractivity contribution is 5.77. The molecule has 0 saturated heterocycles. The highest BCUT2D eigenvalue weighted by Gasteiger charge is 2.45. The van der Waals surface area contributed by atoms with E-state index >= 15 is 0 Å². The molecule has 0 spiro atoms. The maximum atomic E-state index is 12.7. The molecule has 0 radical (unpaired) electrons. The highest BCUT2D eigenvalue weighted by atomic mass is 19.4. The number of halogens is 3. The lowest BCUT2D eigenvalue weighted by atomic mass is 9.93. The summed E-state index contributed by atoms with van der Waals surface area (Å²) < 4.78 is 43.1. The van der Waals surface area contributed by atoms with Crippen LogP contribution in [0.3, 0.4) is 0 Å². The van der Waals surface area contributed by atoms with Crippen molar-refractivity contribution in [1.82, 2.24) is 4.90 Å². The summed E-state index contributed by atoms with van der Waals surface area (Å²) in [5.41, 5.74) is 8.33. The Balaban J connectivity index is 2.07. The lowest BCUT2D eigenvalue weighted by Crippen LogP contribution is -2.38. The number of hydrogen-bond donors (Lipinski definition) is 1. The van der Waals surface area contributed by atoms with Gasteiger partial charge in [-0.15, -0.1) is 0 Å². The summed E-state index contributed by atoms with van der Waals surface area (Å²) in [5, 5.41) is 0. The summed E-state index contributed by atoms with van der Waals surface area (Å²) in [6, 6.07) is 0.175. The molecule has 0 aromatic rings. The van der Waals surface area contributed by atoms with Gasteiger partial charge in [0.25, 0.3) is 0 Å². The minimum atomic E-state index is -4.16. The van der Waals surface area contributed by atoms with Gasteiger partial charge < -0.3 is 15.4 Å². The molecule has 7 heteroatoms. The standard InChI is InChI=1S/C23H35F3N2O2/c1-4-17(19-15-20(19)22(29)30-5-2)14-21(27)16(3)28(13-9-12-23(24,25)26)18-10-7-6-8-11-18/h4,14,18-20H,3,5-13,15,27H2,1-2H3/b17-4+,21-14+/t19-,20-/m0/s1. The minimum absolute atomic E-state index is 0.0241. The van der Waals surface area contributed by atoms with E-state index in [1.807, 2.05) is 24.0 Å². The predicted octanol–water partition coefficient (Wildman–Crippen LogP) is 5.47.